The first-order chi connectivity index (χ1) is 10.6. The number of aliphatic carboxylic acids is 1. The van der Waals surface area contributed by atoms with Crippen molar-refractivity contribution in [3.63, 3.8) is 0 Å². The molecule has 5 nitrogen and oxygen atoms in total. The van der Waals surface area contributed by atoms with Gasteiger partial charge in [0.05, 0.1) is 5.56 Å². The lowest BCUT2D eigenvalue weighted by Crippen LogP contribution is -2.24. The van der Waals surface area contributed by atoms with E-state index in [1.165, 1.54) is 6.07 Å². The van der Waals surface area contributed by atoms with Crippen LogP contribution < -0.4 is 10.1 Å². The second-order valence-corrected chi connectivity index (χ2v) is 4.49. The number of hydrogen-bond donors (Lipinski definition) is 2. The van der Waals surface area contributed by atoms with Crippen molar-refractivity contribution in [2.24, 2.45) is 0 Å². The van der Waals surface area contributed by atoms with Crippen molar-refractivity contribution in [3.05, 3.63) is 65.5 Å². The second-order valence-electron chi connectivity index (χ2n) is 4.49. The summed E-state index contributed by atoms with van der Waals surface area (Å²) in [6, 6.07) is 12.6. The molecule has 0 atom stereocenters. The van der Waals surface area contributed by atoms with Gasteiger partial charge in [-0.1, -0.05) is 30.3 Å². The number of halogens is 1. The first kappa shape index (κ1) is 15.5. The predicted octanol–water partition coefficient (Wildman–Crippen LogP) is 2.22. The van der Waals surface area contributed by atoms with Crippen LogP contribution in [0.5, 0.6) is 5.75 Å². The minimum Gasteiger partial charge on any atom is -0.481 e. The Hall–Kier alpha value is -2.89. The molecule has 114 valence electrons. The molecule has 0 heterocycles. The molecule has 0 unspecified atom stereocenters. The third kappa shape index (κ3) is 4.31. The Morgan fingerprint density at radius 3 is 2.55 bits per heavy atom. The summed E-state index contributed by atoms with van der Waals surface area (Å²) >= 11 is 0. The molecule has 2 rings (SSSR count). The molecule has 2 aromatic carbocycles. The van der Waals surface area contributed by atoms with Crippen LogP contribution in [0, 0.1) is 5.82 Å². The normalized spacial score (nSPS) is 10.0. The van der Waals surface area contributed by atoms with E-state index >= 15 is 0 Å². The van der Waals surface area contributed by atoms with E-state index in [1.807, 2.05) is 30.3 Å². The van der Waals surface area contributed by atoms with Crippen molar-refractivity contribution in [2.75, 3.05) is 6.61 Å². The maximum atomic E-state index is 13.2. The van der Waals surface area contributed by atoms with Crippen LogP contribution in [0.4, 0.5) is 4.39 Å². The number of carboxylic acid groups (broad SMARTS) is 1. The van der Waals surface area contributed by atoms with E-state index in [4.69, 9.17) is 9.84 Å². The highest BCUT2D eigenvalue weighted by Crippen LogP contribution is 2.20. The van der Waals surface area contributed by atoms with Crippen LogP contribution in [-0.4, -0.2) is 23.6 Å². The first-order valence-electron chi connectivity index (χ1n) is 6.52. The van der Waals surface area contributed by atoms with E-state index in [0.29, 0.717) is 6.54 Å². The molecule has 2 aromatic rings. The van der Waals surface area contributed by atoms with Crippen LogP contribution in [0.1, 0.15) is 15.9 Å². The van der Waals surface area contributed by atoms with Crippen LogP contribution in [0.25, 0.3) is 0 Å². The maximum Gasteiger partial charge on any atom is 0.341 e. The van der Waals surface area contributed by atoms with E-state index in [9.17, 15) is 14.0 Å². The zero-order valence-electron chi connectivity index (χ0n) is 11.6. The first-order valence-corrected chi connectivity index (χ1v) is 6.52. The molecule has 2 N–H and O–H groups in total. The van der Waals surface area contributed by atoms with Crippen LogP contribution >= 0.6 is 0 Å². The summed E-state index contributed by atoms with van der Waals surface area (Å²) < 4.78 is 18.2. The van der Waals surface area contributed by atoms with Gasteiger partial charge in [-0.05, 0) is 17.7 Å². The van der Waals surface area contributed by atoms with Crippen molar-refractivity contribution in [3.8, 4) is 5.75 Å². The molecule has 0 aliphatic carbocycles. The summed E-state index contributed by atoms with van der Waals surface area (Å²) in [6.07, 6.45) is 0. The second kappa shape index (κ2) is 7.21. The summed E-state index contributed by atoms with van der Waals surface area (Å²) in [5, 5.41) is 11.3. The van der Waals surface area contributed by atoms with Crippen molar-refractivity contribution >= 4 is 11.9 Å². The summed E-state index contributed by atoms with van der Waals surface area (Å²) in [5.41, 5.74) is 0.990. The molecule has 1 amide bonds. The van der Waals surface area contributed by atoms with Crippen LogP contribution in [-0.2, 0) is 11.3 Å². The number of ether oxygens (including phenoxy) is 1. The standard InChI is InChI=1S/C16H14FNO4/c17-12-6-7-13(14(8-12)22-10-15(19)20)16(21)18-9-11-4-2-1-3-5-11/h1-8H,9-10H2,(H,18,21)(H,19,20). The van der Waals surface area contributed by atoms with Gasteiger partial charge < -0.3 is 15.2 Å². The number of carboxylic acids is 1. The third-order valence-corrected chi connectivity index (χ3v) is 2.84. The molecule has 0 aliphatic heterocycles. The van der Waals surface area contributed by atoms with Gasteiger partial charge in [0, 0.05) is 12.6 Å². The Morgan fingerprint density at radius 1 is 1.14 bits per heavy atom. The molecule has 6 heteroatoms. The summed E-state index contributed by atoms with van der Waals surface area (Å²) in [5.74, 6) is -2.39. The summed E-state index contributed by atoms with van der Waals surface area (Å²) in [7, 11) is 0. The highest BCUT2D eigenvalue weighted by atomic mass is 19.1. The van der Waals surface area contributed by atoms with Crippen molar-refractivity contribution in [1.29, 1.82) is 0 Å². The fraction of sp³-hybridized carbons (Fsp3) is 0.125. The molecule has 0 bridgehead atoms. The minimum atomic E-state index is -1.21. The molecule has 0 fully saturated rings. The number of carbonyl (C=O) groups is 2. The quantitative estimate of drug-likeness (QED) is 0.858. The fourth-order valence-electron chi connectivity index (χ4n) is 1.82. The monoisotopic (exact) mass is 303 g/mol. The minimum absolute atomic E-state index is 0.0820. The van der Waals surface area contributed by atoms with E-state index in [0.717, 1.165) is 17.7 Å². The lowest BCUT2D eigenvalue weighted by Gasteiger charge is -2.11. The zero-order chi connectivity index (χ0) is 15.9. The number of nitrogens with one attached hydrogen (secondary N) is 1. The van der Waals surface area contributed by atoms with Crippen LogP contribution in [0.2, 0.25) is 0 Å². The predicted molar refractivity (Wildman–Crippen MR) is 77.1 cm³/mol. The molecule has 0 radical (unpaired) electrons. The molecule has 22 heavy (non-hydrogen) atoms. The van der Waals surface area contributed by atoms with Gasteiger partial charge in [0.15, 0.2) is 6.61 Å². The van der Waals surface area contributed by atoms with Gasteiger partial charge in [-0.15, -0.1) is 0 Å². The topological polar surface area (TPSA) is 75.6 Å². The smallest absolute Gasteiger partial charge is 0.341 e. The highest BCUT2D eigenvalue weighted by Gasteiger charge is 2.14. The van der Waals surface area contributed by atoms with E-state index in [-0.39, 0.29) is 11.3 Å². The third-order valence-electron chi connectivity index (χ3n) is 2.84. The largest absolute Gasteiger partial charge is 0.481 e. The zero-order valence-corrected chi connectivity index (χ0v) is 11.6. The Morgan fingerprint density at radius 2 is 1.86 bits per heavy atom. The molecular formula is C16H14FNO4. The Bertz CT molecular complexity index is 673. The van der Waals surface area contributed by atoms with Gasteiger partial charge in [-0.2, -0.15) is 0 Å². The SMILES string of the molecule is O=C(O)COc1cc(F)ccc1C(=O)NCc1ccccc1. The van der Waals surface area contributed by atoms with Crippen molar-refractivity contribution < 1.29 is 23.8 Å². The van der Waals surface area contributed by atoms with Gasteiger partial charge in [0.1, 0.15) is 11.6 Å². The number of hydrogen-bond acceptors (Lipinski definition) is 3. The van der Waals surface area contributed by atoms with E-state index < -0.39 is 24.3 Å². The molecular weight excluding hydrogens is 289 g/mol. The van der Waals surface area contributed by atoms with Crippen LogP contribution in [0.15, 0.2) is 48.5 Å². The van der Waals surface area contributed by atoms with Crippen molar-refractivity contribution in [2.45, 2.75) is 6.54 Å². The molecule has 0 aliphatic rings. The maximum absolute atomic E-state index is 13.2. The number of rotatable bonds is 6. The Balaban J connectivity index is 2.09. The van der Waals surface area contributed by atoms with Crippen molar-refractivity contribution in [1.82, 2.24) is 5.32 Å². The average Bonchev–Trinajstić information content (AvgIpc) is 2.51. The van der Waals surface area contributed by atoms with Gasteiger partial charge in [0.25, 0.3) is 5.91 Å². The highest BCUT2D eigenvalue weighted by molar-refractivity contribution is 5.97. The van der Waals surface area contributed by atoms with Crippen LogP contribution in [0.3, 0.4) is 0 Å². The van der Waals surface area contributed by atoms with E-state index in [1.54, 1.807) is 0 Å². The summed E-state index contributed by atoms with van der Waals surface area (Å²) in [4.78, 5) is 22.7. The van der Waals surface area contributed by atoms with Gasteiger partial charge in [-0.3, -0.25) is 4.79 Å². The number of benzene rings is 2. The van der Waals surface area contributed by atoms with E-state index in [2.05, 4.69) is 5.32 Å². The van der Waals surface area contributed by atoms with Gasteiger partial charge in [-0.25, -0.2) is 9.18 Å². The van der Waals surface area contributed by atoms with Gasteiger partial charge >= 0.3 is 5.97 Å². The Kier molecular flexibility index (Phi) is 5.08. The lowest BCUT2D eigenvalue weighted by atomic mass is 10.1. The summed E-state index contributed by atoms with van der Waals surface area (Å²) in [6.45, 7) is -0.349. The average molecular weight is 303 g/mol. The number of carbonyl (C=O) groups excluding carboxylic acids is 1. The lowest BCUT2D eigenvalue weighted by molar-refractivity contribution is -0.139. The molecule has 0 spiro atoms. The molecule has 0 aromatic heterocycles. The molecule has 0 saturated carbocycles. The Labute approximate surface area is 126 Å². The number of amides is 1. The fourth-order valence-corrected chi connectivity index (χ4v) is 1.82. The van der Waals surface area contributed by atoms with Gasteiger partial charge in [0.2, 0.25) is 0 Å². The molecule has 0 saturated heterocycles.